The number of aromatic nitrogens is 2. The molecule has 4 aromatic carbocycles. The van der Waals surface area contributed by atoms with E-state index in [9.17, 15) is 0 Å². The quantitative estimate of drug-likeness (QED) is 0.258. The van der Waals surface area contributed by atoms with E-state index < -0.39 is 0 Å². The van der Waals surface area contributed by atoms with Gasteiger partial charge in [-0.25, -0.2) is 0 Å². The zero-order chi connectivity index (χ0) is 23.4. The van der Waals surface area contributed by atoms with E-state index in [0.717, 1.165) is 0 Å². The van der Waals surface area contributed by atoms with Crippen molar-refractivity contribution in [3.63, 3.8) is 0 Å². The number of rotatable bonds is 4. The maximum Gasteiger partial charge on any atom is 0.127 e. The highest BCUT2D eigenvalue weighted by Gasteiger charge is 2.26. The highest BCUT2D eigenvalue weighted by molar-refractivity contribution is 6.11. The maximum absolute atomic E-state index is 2.54. The minimum Gasteiger partial charge on any atom is -0.295 e. The Bertz CT molecular complexity index is 1650. The second-order valence-corrected chi connectivity index (χ2v) is 9.83. The first-order chi connectivity index (χ1) is 16.6. The summed E-state index contributed by atoms with van der Waals surface area (Å²) in [6.45, 7) is 9.23. The summed E-state index contributed by atoms with van der Waals surface area (Å²) in [5, 5.41) is 3.95. The first-order valence-corrected chi connectivity index (χ1v) is 12.3. The van der Waals surface area contributed by atoms with Crippen molar-refractivity contribution in [3.8, 4) is 11.5 Å². The lowest BCUT2D eigenvalue weighted by Gasteiger charge is -2.19. The van der Waals surface area contributed by atoms with Crippen LogP contribution in [-0.4, -0.2) is 9.13 Å². The molecule has 0 bridgehead atoms. The molecular formula is C32H30N2. The molecule has 34 heavy (non-hydrogen) atoms. The van der Waals surface area contributed by atoms with Crippen molar-refractivity contribution in [1.82, 2.24) is 9.13 Å². The molecule has 2 heterocycles. The summed E-state index contributed by atoms with van der Waals surface area (Å²) in [5.74, 6) is 2.04. The third-order valence-electron chi connectivity index (χ3n) is 7.04. The average Bonchev–Trinajstić information content (AvgIpc) is 3.37. The molecule has 0 amide bonds. The molecular weight excluding hydrogens is 412 g/mol. The Kier molecular flexibility index (Phi) is 4.84. The summed E-state index contributed by atoms with van der Waals surface area (Å²) >= 11 is 0. The fraction of sp³-hybridized carbons (Fsp3) is 0.188. The molecule has 168 valence electrons. The van der Waals surface area contributed by atoms with Crippen LogP contribution in [0, 0.1) is 0 Å². The van der Waals surface area contributed by atoms with Gasteiger partial charge in [0.15, 0.2) is 0 Å². The molecule has 0 aliphatic heterocycles. The number of benzene rings is 4. The summed E-state index contributed by atoms with van der Waals surface area (Å²) in [4.78, 5) is 0. The van der Waals surface area contributed by atoms with Gasteiger partial charge in [-0.2, -0.15) is 0 Å². The fourth-order valence-electron chi connectivity index (χ4n) is 5.61. The lowest BCUT2D eigenvalue weighted by atomic mass is 9.99. The molecule has 0 radical (unpaired) electrons. The van der Waals surface area contributed by atoms with Crippen LogP contribution in [0.3, 0.4) is 0 Å². The van der Waals surface area contributed by atoms with Gasteiger partial charge in [0.1, 0.15) is 5.82 Å². The largest absolute Gasteiger partial charge is 0.295 e. The lowest BCUT2D eigenvalue weighted by molar-refractivity contribution is 0.839. The number of nitrogens with zero attached hydrogens (tertiary/aromatic N) is 2. The third-order valence-corrected chi connectivity index (χ3v) is 7.04. The van der Waals surface area contributed by atoms with Crippen molar-refractivity contribution in [2.24, 2.45) is 0 Å². The molecule has 2 aromatic heterocycles. The zero-order valence-electron chi connectivity index (χ0n) is 20.3. The van der Waals surface area contributed by atoms with E-state index >= 15 is 0 Å². The van der Waals surface area contributed by atoms with Crippen LogP contribution in [0.25, 0.3) is 44.2 Å². The van der Waals surface area contributed by atoms with Crippen molar-refractivity contribution in [3.05, 3.63) is 108 Å². The van der Waals surface area contributed by atoms with Crippen LogP contribution in [-0.2, 0) is 0 Å². The Labute approximate surface area is 201 Å². The molecule has 0 saturated carbocycles. The van der Waals surface area contributed by atoms with E-state index in [1.165, 1.54) is 55.3 Å². The van der Waals surface area contributed by atoms with Gasteiger partial charge in [0, 0.05) is 27.4 Å². The van der Waals surface area contributed by atoms with E-state index in [-0.39, 0.29) is 0 Å². The molecule has 6 aromatic rings. The average molecular weight is 443 g/mol. The molecule has 0 spiro atoms. The summed E-state index contributed by atoms with van der Waals surface area (Å²) in [6, 6.07) is 35.3. The molecule has 0 unspecified atom stereocenters. The molecule has 0 aliphatic rings. The van der Waals surface area contributed by atoms with Crippen molar-refractivity contribution in [2.45, 2.75) is 39.5 Å². The Morgan fingerprint density at radius 3 is 1.76 bits per heavy atom. The third kappa shape index (κ3) is 2.95. The van der Waals surface area contributed by atoms with Crippen molar-refractivity contribution < 1.29 is 0 Å². The van der Waals surface area contributed by atoms with Crippen LogP contribution < -0.4 is 0 Å². The van der Waals surface area contributed by atoms with Crippen LogP contribution in [0.5, 0.6) is 0 Å². The van der Waals surface area contributed by atoms with Crippen molar-refractivity contribution in [2.75, 3.05) is 0 Å². The molecule has 0 N–H and O–H groups in total. The Hall–Kier alpha value is -3.78. The van der Waals surface area contributed by atoms with Gasteiger partial charge in [-0.1, -0.05) is 100 Å². The number of para-hydroxylation sites is 4. The SMILES string of the molecule is CC(C)c1c(-n2c3ccccc3c3cccc(C(C)C)c32)n(-c2ccccc2)c2ccccc12. The van der Waals surface area contributed by atoms with Crippen LogP contribution in [0.4, 0.5) is 0 Å². The molecule has 6 rings (SSSR count). The van der Waals surface area contributed by atoms with E-state index in [1.54, 1.807) is 0 Å². The van der Waals surface area contributed by atoms with Crippen LogP contribution in [0.2, 0.25) is 0 Å². The molecule has 0 fully saturated rings. The van der Waals surface area contributed by atoms with E-state index in [0.29, 0.717) is 11.8 Å². The van der Waals surface area contributed by atoms with Crippen LogP contribution in [0.1, 0.15) is 50.7 Å². The predicted octanol–water partition coefficient (Wildman–Crippen LogP) is 8.97. The summed E-state index contributed by atoms with van der Waals surface area (Å²) < 4.78 is 5.01. The topological polar surface area (TPSA) is 9.86 Å². The normalized spacial score (nSPS) is 12.1. The molecule has 0 saturated heterocycles. The number of hydrogen-bond acceptors (Lipinski definition) is 0. The fourth-order valence-corrected chi connectivity index (χ4v) is 5.61. The second kappa shape index (κ2) is 7.92. The van der Waals surface area contributed by atoms with Gasteiger partial charge < -0.3 is 0 Å². The van der Waals surface area contributed by atoms with Gasteiger partial charge >= 0.3 is 0 Å². The predicted molar refractivity (Wildman–Crippen MR) is 146 cm³/mol. The van der Waals surface area contributed by atoms with Gasteiger partial charge in [-0.05, 0) is 41.7 Å². The zero-order valence-corrected chi connectivity index (χ0v) is 20.3. The summed E-state index contributed by atoms with van der Waals surface area (Å²) in [7, 11) is 0. The molecule has 0 aliphatic carbocycles. The van der Waals surface area contributed by atoms with Crippen LogP contribution >= 0.6 is 0 Å². The van der Waals surface area contributed by atoms with E-state index in [4.69, 9.17) is 0 Å². The van der Waals surface area contributed by atoms with Gasteiger partial charge in [0.25, 0.3) is 0 Å². The Balaban J connectivity index is 1.91. The maximum atomic E-state index is 2.54. The van der Waals surface area contributed by atoms with Gasteiger partial charge in [0.05, 0.1) is 16.6 Å². The van der Waals surface area contributed by atoms with Crippen molar-refractivity contribution in [1.29, 1.82) is 0 Å². The highest BCUT2D eigenvalue weighted by Crippen LogP contribution is 2.42. The molecule has 2 nitrogen and oxygen atoms in total. The lowest BCUT2D eigenvalue weighted by Crippen LogP contribution is -2.08. The first kappa shape index (κ1) is 20.8. The highest BCUT2D eigenvalue weighted by atomic mass is 15.2. The monoisotopic (exact) mass is 442 g/mol. The van der Waals surface area contributed by atoms with Gasteiger partial charge in [-0.15, -0.1) is 0 Å². The van der Waals surface area contributed by atoms with E-state index in [2.05, 4.69) is 134 Å². The van der Waals surface area contributed by atoms with Gasteiger partial charge in [0.2, 0.25) is 0 Å². The minimum atomic E-state index is 0.368. The standard InChI is InChI=1S/C32H30N2/c1-21(2)24-17-12-18-26-25-15-8-10-19-28(25)34(31(24)26)32-30(22(3)4)27-16-9-11-20-29(27)33(32)23-13-6-5-7-14-23/h5-22H,1-4H3. The summed E-state index contributed by atoms with van der Waals surface area (Å²) in [5.41, 5.74) is 7.79. The number of hydrogen-bond donors (Lipinski definition) is 0. The second-order valence-electron chi connectivity index (χ2n) is 9.83. The van der Waals surface area contributed by atoms with E-state index in [1.807, 2.05) is 0 Å². The molecule has 0 atom stereocenters. The van der Waals surface area contributed by atoms with Crippen molar-refractivity contribution >= 4 is 32.7 Å². The first-order valence-electron chi connectivity index (χ1n) is 12.3. The Morgan fingerprint density at radius 1 is 0.500 bits per heavy atom. The molecule has 2 heteroatoms. The van der Waals surface area contributed by atoms with Gasteiger partial charge in [-0.3, -0.25) is 9.13 Å². The Morgan fingerprint density at radius 2 is 1.09 bits per heavy atom. The minimum absolute atomic E-state index is 0.368. The number of fused-ring (bicyclic) bond motifs is 4. The van der Waals surface area contributed by atoms with Crippen LogP contribution in [0.15, 0.2) is 97.1 Å². The summed E-state index contributed by atoms with van der Waals surface area (Å²) in [6.07, 6.45) is 0. The smallest absolute Gasteiger partial charge is 0.127 e.